The number of pyridine rings is 1. The van der Waals surface area contributed by atoms with Gasteiger partial charge in [0.05, 0.1) is 13.7 Å². The predicted molar refractivity (Wildman–Crippen MR) is 119 cm³/mol. The average Bonchev–Trinajstić information content (AvgIpc) is 2.76. The molecule has 0 atom stereocenters. The van der Waals surface area contributed by atoms with Crippen LogP contribution in [0.3, 0.4) is 0 Å². The first-order valence-electron chi connectivity index (χ1n) is 10.1. The second-order valence-corrected chi connectivity index (χ2v) is 8.27. The van der Waals surface area contributed by atoms with Crippen molar-refractivity contribution in [3.8, 4) is 5.75 Å². The molecule has 2 aromatic rings. The van der Waals surface area contributed by atoms with E-state index in [-0.39, 0.29) is 17.7 Å². The molecule has 30 heavy (non-hydrogen) atoms. The van der Waals surface area contributed by atoms with Crippen molar-refractivity contribution in [2.75, 3.05) is 38.6 Å². The van der Waals surface area contributed by atoms with Gasteiger partial charge in [-0.1, -0.05) is 12.1 Å². The maximum absolute atomic E-state index is 12.4. The van der Waals surface area contributed by atoms with Gasteiger partial charge in [-0.15, -0.1) is 0 Å². The third-order valence-electron chi connectivity index (χ3n) is 5.20. The Hall–Kier alpha value is -2.45. The zero-order valence-corrected chi connectivity index (χ0v) is 18.7. The zero-order chi connectivity index (χ0) is 21.3. The highest BCUT2D eigenvalue weighted by Gasteiger charge is 2.26. The number of benzene rings is 1. The van der Waals surface area contributed by atoms with Gasteiger partial charge in [0.1, 0.15) is 11.6 Å². The first kappa shape index (κ1) is 22.2. The van der Waals surface area contributed by atoms with Crippen molar-refractivity contribution in [1.29, 1.82) is 0 Å². The summed E-state index contributed by atoms with van der Waals surface area (Å²) in [5.41, 5.74) is 1.16. The number of carbonyl (C=O) groups is 2. The van der Waals surface area contributed by atoms with Crippen LogP contribution in [0.2, 0.25) is 0 Å². The number of nitrogens with one attached hydrogen (secondary N) is 2. The van der Waals surface area contributed by atoms with Gasteiger partial charge in [0.25, 0.3) is 0 Å². The van der Waals surface area contributed by atoms with Crippen LogP contribution in [-0.2, 0) is 16.0 Å². The highest BCUT2D eigenvalue weighted by atomic mass is 79.9. The first-order chi connectivity index (χ1) is 14.5. The normalized spacial score (nSPS) is 14.9. The molecule has 0 unspecified atom stereocenters. The maximum atomic E-state index is 12.4. The van der Waals surface area contributed by atoms with Crippen LogP contribution < -0.4 is 15.4 Å². The van der Waals surface area contributed by atoms with Gasteiger partial charge in [0.15, 0.2) is 0 Å². The number of methoxy groups -OCH3 is 1. The van der Waals surface area contributed by atoms with Gasteiger partial charge in [-0.25, -0.2) is 4.98 Å². The number of likely N-dealkylation sites (tertiary alicyclic amines) is 1. The number of ether oxygens (including phenoxy) is 1. The second-order valence-electron chi connectivity index (χ2n) is 7.35. The Balaban J connectivity index is 1.33. The van der Waals surface area contributed by atoms with Gasteiger partial charge in [0.2, 0.25) is 11.8 Å². The molecule has 1 fully saturated rings. The minimum Gasteiger partial charge on any atom is -0.497 e. The molecule has 2 amide bonds. The van der Waals surface area contributed by atoms with E-state index in [1.165, 1.54) is 0 Å². The van der Waals surface area contributed by atoms with Crippen molar-refractivity contribution in [1.82, 2.24) is 15.2 Å². The highest BCUT2D eigenvalue weighted by Crippen LogP contribution is 2.19. The Morgan fingerprint density at radius 3 is 2.53 bits per heavy atom. The number of hydrogen-bond donors (Lipinski definition) is 2. The highest BCUT2D eigenvalue weighted by molar-refractivity contribution is 9.10. The number of amides is 2. The van der Waals surface area contributed by atoms with E-state index in [2.05, 4.69) is 36.4 Å². The standard InChI is InChI=1S/C22H27BrN4O3/c1-30-19-5-2-16(3-6-19)8-11-24-21(28)15-27-12-9-17(10-13-27)22(29)26-20-7-4-18(23)14-25-20/h2-7,14,17H,8-13,15H2,1H3,(H,24,28)(H,25,26,29). The maximum Gasteiger partial charge on any atom is 0.234 e. The molecule has 1 aromatic carbocycles. The lowest BCUT2D eigenvalue weighted by atomic mass is 9.96. The molecule has 7 nitrogen and oxygen atoms in total. The number of hydrogen-bond acceptors (Lipinski definition) is 5. The molecule has 2 heterocycles. The largest absolute Gasteiger partial charge is 0.497 e. The lowest BCUT2D eigenvalue weighted by Gasteiger charge is -2.30. The fourth-order valence-electron chi connectivity index (χ4n) is 3.43. The van der Waals surface area contributed by atoms with Crippen LogP contribution >= 0.6 is 15.9 Å². The predicted octanol–water partition coefficient (Wildman–Crippen LogP) is 2.86. The Labute approximate surface area is 185 Å². The second kappa shape index (κ2) is 11.1. The Kier molecular flexibility index (Phi) is 8.21. The van der Waals surface area contributed by atoms with E-state index in [4.69, 9.17) is 4.74 Å². The monoisotopic (exact) mass is 474 g/mol. The summed E-state index contributed by atoms with van der Waals surface area (Å²) in [5.74, 6) is 1.35. The number of aromatic nitrogens is 1. The SMILES string of the molecule is COc1ccc(CCNC(=O)CN2CCC(C(=O)Nc3ccc(Br)cn3)CC2)cc1. The molecular weight excluding hydrogens is 448 g/mol. The molecule has 0 aliphatic carbocycles. The number of anilines is 1. The molecule has 0 saturated carbocycles. The average molecular weight is 475 g/mol. The van der Waals surface area contributed by atoms with E-state index in [1.54, 1.807) is 19.4 Å². The molecule has 0 bridgehead atoms. The fourth-order valence-corrected chi connectivity index (χ4v) is 3.66. The van der Waals surface area contributed by atoms with Gasteiger partial charge in [0, 0.05) is 23.1 Å². The molecule has 2 N–H and O–H groups in total. The summed E-state index contributed by atoms with van der Waals surface area (Å²) in [7, 11) is 1.64. The number of nitrogens with zero attached hydrogens (tertiary/aromatic N) is 2. The van der Waals surface area contributed by atoms with Crippen LogP contribution in [-0.4, -0.2) is 55.0 Å². The van der Waals surface area contributed by atoms with Gasteiger partial charge in [-0.2, -0.15) is 0 Å². The number of carbonyl (C=O) groups excluding carboxylic acids is 2. The topological polar surface area (TPSA) is 83.6 Å². The van der Waals surface area contributed by atoms with Crippen molar-refractivity contribution in [3.05, 3.63) is 52.6 Å². The molecule has 1 saturated heterocycles. The van der Waals surface area contributed by atoms with Crippen molar-refractivity contribution in [2.45, 2.75) is 19.3 Å². The van der Waals surface area contributed by atoms with E-state index in [1.807, 2.05) is 30.3 Å². The van der Waals surface area contributed by atoms with Crippen LogP contribution in [0.15, 0.2) is 47.1 Å². The number of piperidine rings is 1. The van der Waals surface area contributed by atoms with Crippen LogP contribution in [0.4, 0.5) is 5.82 Å². The zero-order valence-electron chi connectivity index (χ0n) is 17.1. The van der Waals surface area contributed by atoms with E-state index in [9.17, 15) is 9.59 Å². The van der Waals surface area contributed by atoms with Crippen LogP contribution in [0, 0.1) is 5.92 Å². The molecule has 0 radical (unpaired) electrons. The quantitative estimate of drug-likeness (QED) is 0.614. The van der Waals surface area contributed by atoms with Crippen LogP contribution in [0.1, 0.15) is 18.4 Å². The van der Waals surface area contributed by atoms with E-state index >= 15 is 0 Å². The van der Waals surface area contributed by atoms with Crippen LogP contribution in [0.5, 0.6) is 5.75 Å². The summed E-state index contributed by atoms with van der Waals surface area (Å²) in [6.07, 6.45) is 3.91. The minimum atomic E-state index is -0.0511. The summed E-state index contributed by atoms with van der Waals surface area (Å²) in [6, 6.07) is 11.5. The molecule has 3 rings (SSSR count). The Morgan fingerprint density at radius 1 is 1.17 bits per heavy atom. The smallest absolute Gasteiger partial charge is 0.234 e. The summed E-state index contributed by atoms with van der Waals surface area (Å²) < 4.78 is 6.02. The molecule has 0 spiro atoms. The summed E-state index contributed by atoms with van der Waals surface area (Å²) in [5, 5.41) is 5.84. The number of rotatable bonds is 8. The first-order valence-corrected chi connectivity index (χ1v) is 10.9. The summed E-state index contributed by atoms with van der Waals surface area (Å²) in [4.78, 5) is 30.9. The van der Waals surface area contributed by atoms with Crippen molar-refractivity contribution in [2.24, 2.45) is 5.92 Å². The van der Waals surface area contributed by atoms with Gasteiger partial charge < -0.3 is 15.4 Å². The summed E-state index contributed by atoms with van der Waals surface area (Å²) in [6.45, 7) is 2.44. The molecular formula is C22H27BrN4O3. The van der Waals surface area contributed by atoms with Gasteiger partial charge in [-0.3, -0.25) is 14.5 Å². The lowest BCUT2D eigenvalue weighted by molar-refractivity contribution is -0.123. The molecule has 1 aliphatic heterocycles. The van der Waals surface area contributed by atoms with Gasteiger partial charge in [-0.05, 0) is 78.1 Å². The minimum absolute atomic E-state index is 0.00610. The van der Waals surface area contributed by atoms with Crippen molar-refractivity contribution < 1.29 is 14.3 Å². The van der Waals surface area contributed by atoms with E-state index < -0.39 is 0 Å². The molecule has 1 aromatic heterocycles. The lowest BCUT2D eigenvalue weighted by Crippen LogP contribution is -2.43. The number of halogens is 1. The Morgan fingerprint density at radius 2 is 1.90 bits per heavy atom. The summed E-state index contributed by atoms with van der Waals surface area (Å²) >= 11 is 3.33. The van der Waals surface area contributed by atoms with Crippen molar-refractivity contribution in [3.63, 3.8) is 0 Å². The van der Waals surface area contributed by atoms with E-state index in [0.29, 0.717) is 18.9 Å². The fraction of sp³-hybridized carbons (Fsp3) is 0.409. The van der Waals surface area contributed by atoms with Crippen LogP contribution in [0.25, 0.3) is 0 Å². The molecule has 160 valence electrons. The Bertz CT molecular complexity index is 834. The van der Waals surface area contributed by atoms with Crippen molar-refractivity contribution >= 4 is 33.6 Å². The molecule has 1 aliphatic rings. The van der Waals surface area contributed by atoms with E-state index in [0.717, 1.165) is 48.1 Å². The third kappa shape index (κ3) is 6.81. The van der Waals surface area contributed by atoms with Gasteiger partial charge >= 0.3 is 0 Å². The third-order valence-corrected chi connectivity index (χ3v) is 5.67. The molecule has 8 heteroatoms.